The lowest BCUT2D eigenvalue weighted by molar-refractivity contribution is 0.155. The van der Waals surface area contributed by atoms with Crippen LogP contribution >= 0.6 is 0 Å². The van der Waals surface area contributed by atoms with Gasteiger partial charge in [0.1, 0.15) is 0 Å². The predicted octanol–water partition coefficient (Wildman–Crippen LogP) is 3.93. The number of benzene rings is 2. The van der Waals surface area contributed by atoms with Crippen LogP contribution in [0.3, 0.4) is 0 Å². The molecule has 4 rings (SSSR count). The van der Waals surface area contributed by atoms with Crippen molar-refractivity contribution in [2.75, 3.05) is 13.1 Å². The van der Waals surface area contributed by atoms with Gasteiger partial charge in [-0.3, -0.25) is 4.90 Å². The van der Waals surface area contributed by atoms with Gasteiger partial charge in [-0.25, -0.2) is 0 Å². The molecular formula is C22H25N3. The number of rotatable bonds is 4. The number of hydrogen-bond donors (Lipinski definition) is 1. The number of hydrogen-bond acceptors (Lipinski definition) is 2. The van der Waals surface area contributed by atoms with Crippen molar-refractivity contribution >= 4 is 0 Å². The van der Waals surface area contributed by atoms with Crippen molar-refractivity contribution in [1.29, 1.82) is 0 Å². The molecule has 3 nitrogen and oxygen atoms in total. The summed E-state index contributed by atoms with van der Waals surface area (Å²) in [6, 6.07) is 23.5. The van der Waals surface area contributed by atoms with Crippen molar-refractivity contribution in [2.24, 2.45) is 5.73 Å². The van der Waals surface area contributed by atoms with Crippen molar-refractivity contribution in [2.45, 2.75) is 24.9 Å². The standard InChI is InChI=1S/C22H25N3/c23-22(20-9-6-10-21(17-20)25-13-4-5-14-25)11-15-24(16-12-22)18-19-7-2-1-3-8-19/h1-10,13-14,17H,11-12,15-16,18,23H2. The molecule has 0 saturated carbocycles. The summed E-state index contributed by atoms with van der Waals surface area (Å²) in [4.78, 5) is 2.51. The molecule has 2 heterocycles. The van der Waals surface area contributed by atoms with Crippen LogP contribution in [0.5, 0.6) is 0 Å². The zero-order valence-electron chi connectivity index (χ0n) is 14.5. The molecule has 3 aromatic rings. The van der Waals surface area contributed by atoms with Crippen LogP contribution in [-0.2, 0) is 12.1 Å². The second kappa shape index (κ2) is 6.87. The summed E-state index contributed by atoms with van der Waals surface area (Å²) in [6.45, 7) is 3.10. The monoisotopic (exact) mass is 331 g/mol. The van der Waals surface area contributed by atoms with Crippen molar-refractivity contribution < 1.29 is 0 Å². The third-order valence-electron chi connectivity index (χ3n) is 5.32. The lowest BCUT2D eigenvalue weighted by atomic mass is 9.81. The Balaban J connectivity index is 1.46. The minimum atomic E-state index is -0.226. The highest BCUT2D eigenvalue weighted by Gasteiger charge is 2.32. The fourth-order valence-electron chi connectivity index (χ4n) is 3.72. The number of likely N-dealkylation sites (tertiary alicyclic amines) is 1. The lowest BCUT2D eigenvalue weighted by Gasteiger charge is -2.39. The third-order valence-corrected chi connectivity index (χ3v) is 5.32. The first-order valence-corrected chi connectivity index (χ1v) is 9.02. The average Bonchev–Trinajstić information content (AvgIpc) is 3.20. The molecular weight excluding hydrogens is 306 g/mol. The number of nitrogens with zero attached hydrogens (tertiary/aromatic N) is 2. The van der Waals surface area contributed by atoms with E-state index >= 15 is 0 Å². The minimum absolute atomic E-state index is 0.226. The van der Waals surface area contributed by atoms with Gasteiger partial charge in [-0.15, -0.1) is 0 Å². The Hall–Kier alpha value is -2.36. The van der Waals surface area contributed by atoms with E-state index in [1.54, 1.807) is 0 Å². The van der Waals surface area contributed by atoms with E-state index in [1.807, 2.05) is 12.1 Å². The summed E-state index contributed by atoms with van der Waals surface area (Å²) in [5.74, 6) is 0. The van der Waals surface area contributed by atoms with Crippen LogP contribution < -0.4 is 5.73 Å². The fourth-order valence-corrected chi connectivity index (χ4v) is 3.72. The highest BCUT2D eigenvalue weighted by atomic mass is 15.1. The van der Waals surface area contributed by atoms with Gasteiger partial charge in [0.25, 0.3) is 0 Å². The van der Waals surface area contributed by atoms with Gasteiger partial charge in [0, 0.05) is 43.3 Å². The Morgan fingerprint density at radius 1 is 0.840 bits per heavy atom. The molecule has 2 N–H and O–H groups in total. The number of aromatic nitrogens is 1. The van der Waals surface area contributed by atoms with E-state index in [0.29, 0.717) is 0 Å². The maximum atomic E-state index is 6.82. The quantitative estimate of drug-likeness (QED) is 0.786. The summed E-state index contributed by atoms with van der Waals surface area (Å²) in [5, 5.41) is 0. The Kier molecular flexibility index (Phi) is 4.43. The molecule has 25 heavy (non-hydrogen) atoms. The normalized spacial score (nSPS) is 17.5. The van der Waals surface area contributed by atoms with Crippen LogP contribution in [0.1, 0.15) is 24.0 Å². The van der Waals surface area contributed by atoms with E-state index in [9.17, 15) is 0 Å². The summed E-state index contributed by atoms with van der Waals surface area (Å²) >= 11 is 0. The summed E-state index contributed by atoms with van der Waals surface area (Å²) in [5.41, 5.74) is 10.4. The zero-order chi connectivity index (χ0) is 17.1. The summed E-state index contributed by atoms with van der Waals surface area (Å²) in [7, 11) is 0. The molecule has 1 aliphatic rings. The molecule has 0 spiro atoms. The Bertz CT molecular complexity index is 800. The Morgan fingerprint density at radius 3 is 2.28 bits per heavy atom. The minimum Gasteiger partial charge on any atom is -0.324 e. The van der Waals surface area contributed by atoms with E-state index in [4.69, 9.17) is 5.73 Å². The molecule has 1 fully saturated rings. The first-order chi connectivity index (χ1) is 12.2. The van der Waals surface area contributed by atoms with Gasteiger partial charge in [0.2, 0.25) is 0 Å². The zero-order valence-corrected chi connectivity index (χ0v) is 14.5. The van der Waals surface area contributed by atoms with Gasteiger partial charge in [0.15, 0.2) is 0 Å². The van der Waals surface area contributed by atoms with Gasteiger partial charge in [-0.1, -0.05) is 42.5 Å². The average molecular weight is 331 g/mol. The highest BCUT2D eigenvalue weighted by Crippen LogP contribution is 2.32. The molecule has 0 amide bonds. The second-order valence-corrected chi connectivity index (χ2v) is 7.06. The number of nitrogens with two attached hydrogens (primary N) is 1. The molecule has 1 aliphatic heterocycles. The van der Waals surface area contributed by atoms with E-state index in [-0.39, 0.29) is 5.54 Å². The molecule has 0 bridgehead atoms. The fraction of sp³-hybridized carbons (Fsp3) is 0.273. The van der Waals surface area contributed by atoms with E-state index in [2.05, 4.69) is 76.5 Å². The topological polar surface area (TPSA) is 34.2 Å². The van der Waals surface area contributed by atoms with Crippen molar-refractivity contribution in [3.8, 4) is 5.69 Å². The van der Waals surface area contributed by atoms with Gasteiger partial charge >= 0.3 is 0 Å². The first kappa shape index (κ1) is 16.1. The molecule has 3 heteroatoms. The van der Waals surface area contributed by atoms with Gasteiger partial charge < -0.3 is 10.3 Å². The SMILES string of the molecule is NC1(c2cccc(-n3cccc3)c2)CCN(Cc2ccccc2)CC1. The van der Waals surface area contributed by atoms with E-state index in [1.165, 1.54) is 16.8 Å². The van der Waals surface area contributed by atoms with Crippen molar-refractivity contribution in [3.63, 3.8) is 0 Å². The largest absolute Gasteiger partial charge is 0.324 e. The van der Waals surface area contributed by atoms with Crippen LogP contribution in [0.2, 0.25) is 0 Å². The predicted molar refractivity (Wildman–Crippen MR) is 103 cm³/mol. The second-order valence-electron chi connectivity index (χ2n) is 7.06. The molecule has 1 aromatic heterocycles. The van der Waals surface area contributed by atoms with Crippen molar-refractivity contribution in [1.82, 2.24) is 9.47 Å². The van der Waals surface area contributed by atoms with Crippen molar-refractivity contribution in [3.05, 3.63) is 90.3 Å². The summed E-state index contributed by atoms with van der Waals surface area (Å²) in [6.07, 6.45) is 6.14. The maximum absolute atomic E-state index is 6.82. The molecule has 0 unspecified atom stereocenters. The smallest absolute Gasteiger partial charge is 0.0452 e. The summed E-state index contributed by atoms with van der Waals surface area (Å²) < 4.78 is 2.14. The molecule has 0 radical (unpaired) electrons. The van der Waals surface area contributed by atoms with E-state index < -0.39 is 0 Å². The van der Waals surface area contributed by atoms with Crippen LogP contribution in [0.25, 0.3) is 5.69 Å². The Morgan fingerprint density at radius 2 is 1.56 bits per heavy atom. The highest BCUT2D eigenvalue weighted by molar-refractivity contribution is 5.39. The molecule has 1 saturated heterocycles. The molecule has 128 valence electrons. The Labute approximate surface area is 149 Å². The molecule has 2 aromatic carbocycles. The van der Waals surface area contributed by atoms with Crippen LogP contribution in [-0.4, -0.2) is 22.6 Å². The third kappa shape index (κ3) is 3.53. The number of piperidine rings is 1. The van der Waals surface area contributed by atoms with Gasteiger partial charge in [0.05, 0.1) is 0 Å². The van der Waals surface area contributed by atoms with Gasteiger partial charge in [-0.2, -0.15) is 0 Å². The first-order valence-electron chi connectivity index (χ1n) is 9.02. The van der Waals surface area contributed by atoms with Crippen LogP contribution in [0.15, 0.2) is 79.1 Å². The maximum Gasteiger partial charge on any atom is 0.0452 e. The molecule has 0 atom stereocenters. The lowest BCUT2D eigenvalue weighted by Crippen LogP contribution is -2.47. The molecule has 0 aliphatic carbocycles. The van der Waals surface area contributed by atoms with Gasteiger partial charge in [-0.05, 0) is 48.2 Å². The van der Waals surface area contributed by atoms with E-state index in [0.717, 1.165) is 32.5 Å². The van der Waals surface area contributed by atoms with Crippen LogP contribution in [0.4, 0.5) is 0 Å². The van der Waals surface area contributed by atoms with Crippen LogP contribution in [0, 0.1) is 0 Å².